The molecule has 0 unspecified atom stereocenters. The van der Waals surface area contributed by atoms with Crippen molar-refractivity contribution in [3.63, 3.8) is 0 Å². The fraction of sp³-hybridized carbons (Fsp3) is 0.929. The van der Waals surface area contributed by atoms with E-state index in [9.17, 15) is 45.6 Å². The van der Waals surface area contributed by atoms with Crippen LogP contribution in [0.5, 0.6) is 0 Å². The predicted molar refractivity (Wildman–Crippen MR) is 202 cm³/mol. The number of hydrogen-bond acceptors (Lipinski definition) is 17. The molecule has 3 saturated heterocycles. The third-order valence-corrected chi connectivity index (χ3v) is 16.4. The van der Waals surface area contributed by atoms with Crippen LogP contribution >= 0.6 is 0 Å². The zero-order valence-electron chi connectivity index (χ0n) is 34.5. The molecule has 4 aliphatic heterocycles. The van der Waals surface area contributed by atoms with Crippen LogP contribution in [-0.2, 0) is 42.7 Å². The monoisotopic (exact) mass is 842 g/mol. The zero-order chi connectivity index (χ0) is 42.2. The van der Waals surface area contributed by atoms with Crippen molar-refractivity contribution in [2.75, 3.05) is 26.9 Å². The summed E-state index contributed by atoms with van der Waals surface area (Å²) in [6.45, 7) is 5.69. The van der Waals surface area contributed by atoms with Gasteiger partial charge in [-0.2, -0.15) is 0 Å². The second-order valence-corrected chi connectivity index (χ2v) is 19.3. The van der Waals surface area contributed by atoms with Crippen molar-refractivity contribution < 1.29 is 83.5 Å². The minimum absolute atomic E-state index is 0.0268. The molecule has 8 N–H and O–H groups in total. The smallest absolute Gasteiger partial charge is 0.331 e. The van der Waals surface area contributed by atoms with E-state index in [0.29, 0.717) is 24.9 Å². The Balaban J connectivity index is 0.857. The first-order valence-corrected chi connectivity index (χ1v) is 21.7. The Labute approximate surface area is 344 Å². The van der Waals surface area contributed by atoms with Crippen LogP contribution in [-0.4, -0.2) is 171 Å². The Kier molecular flexibility index (Phi) is 12.7. The molecule has 17 nitrogen and oxygen atoms in total. The van der Waals surface area contributed by atoms with Gasteiger partial charge in [0.1, 0.15) is 61.5 Å². The fourth-order valence-electron chi connectivity index (χ4n) is 12.9. The Morgan fingerprint density at radius 1 is 0.780 bits per heavy atom. The van der Waals surface area contributed by atoms with E-state index in [0.717, 1.165) is 63.4 Å². The summed E-state index contributed by atoms with van der Waals surface area (Å²) in [6, 6.07) is 0. The molecule has 8 aliphatic rings. The summed E-state index contributed by atoms with van der Waals surface area (Å²) in [7, 11) is 1.54. The molecule has 22 atom stereocenters. The molecule has 4 heterocycles. The van der Waals surface area contributed by atoms with E-state index in [1.807, 2.05) is 0 Å². The minimum Gasteiger partial charge on any atom is -0.458 e. The Morgan fingerprint density at radius 3 is 2.19 bits per heavy atom. The summed E-state index contributed by atoms with van der Waals surface area (Å²) >= 11 is 0. The number of ether oxygens (including phenoxy) is 8. The van der Waals surface area contributed by atoms with Gasteiger partial charge >= 0.3 is 5.97 Å². The average molecular weight is 843 g/mol. The molecular formula is C42H66O17. The number of rotatable bonds is 10. The Bertz CT molecular complexity index is 1530. The number of cyclic esters (lactones) is 1. The van der Waals surface area contributed by atoms with Gasteiger partial charge in [-0.25, -0.2) is 4.79 Å². The van der Waals surface area contributed by atoms with Gasteiger partial charge in [-0.15, -0.1) is 0 Å². The third-order valence-electron chi connectivity index (χ3n) is 16.4. The normalized spacial score (nSPS) is 53.9. The lowest BCUT2D eigenvalue weighted by Gasteiger charge is -2.64. The predicted octanol–water partition coefficient (Wildman–Crippen LogP) is -0.212. The lowest BCUT2D eigenvalue weighted by molar-refractivity contribution is -0.355. The van der Waals surface area contributed by atoms with Gasteiger partial charge in [-0.1, -0.05) is 13.8 Å². The molecule has 4 aliphatic carbocycles. The number of fused-ring (bicyclic) bond motifs is 5. The van der Waals surface area contributed by atoms with Crippen LogP contribution in [0.3, 0.4) is 0 Å². The summed E-state index contributed by atoms with van der Waals surface area (Å²) < 4.78 is 47.2. The van der Waals surface area contributed by atoms with E-state index in [-0.39, 0.29) is 34.7 Å². The van der Waals surface area contributed by atoms with Crippen LogP contribution in [0.1, 0.15) is 85.0 Å². The highest BCUT2D eigenvalue weighted by Crippen LogP contribution is 2.70. The molecule has 0 aromatic heterocycles. The first kappa shape index (κ1) is 44.2. The molecular weight excluding hydrogens is 776 g/mol. The number of carbonyl (C=O) groups excluding carboxylic acids is 1. The van der Waals surface area contributed by atoms with Gasteiger partial charge in [0.25, 0.3) is 0 Å². The van der Waals surface area contributed by atoms with Gasteiger partial charge in [-0.3, -0.25) is 0 Å². The van der Waals surface area contributed by atoms with E-state index in [2.05, 4.69) is 13.8 Å². The van der Waals surface area contributed by atoms with Crippen molar-refractivity contribution in [2.45, 2.75) is 183 Å². The van der Waals surface area contributed by atoms with Crippen LogP contribution in [0, 0.1) is 34.5 Å². The summed E-state index contributed by atoms with van der Waals surface area (Å²) in [6.07, 6.45) is -7.54. The molecule has 0 aromatic rings. The van der Waals surface area contributed by atoms with Crippen molar-refractivity contribution in [3.05, 3.63) is 11.6 Å². The molecule has 7 fully saturated rings. The van der Waals surface area contributed by atoms with Gasteiger partial charge in [0.2, 0.25) is 0 Å². The second-order valence-electron chi connectivity index (χ2n) is 19.3. The molecule has 0 spiro atoms. The van der Waals surface area contributed by atoms with Crippen LogP contribution in [0.25, 0.3) is 0 Å². The largest absolute Gasteiger partial charge is 0.458 e. The quantitative estimate of drug-likeness (QED) is 0.105. The molecule has 4 saturated carbocycles. The molecule has 336 valence electrons. The van der Waals surface area contributed by atoms with Gasteiger partial charge in [0, 0.05) is 25.0 Å². The number of esters is 1. The molecule has 59 heavy (non-hydrogen) atoms. The lowest BCUT2D eigenvalue weighted by atomic mass is 9.43. The fourth-order valence-corrected chi connectivity index (χ4v) is 12.9. The molecule has 0 amide bonds. The van der Waals surface area contributed by atoms with Crippen LogP contribution < -0.4 is 0 Å². The highest BCUT2D eigenvalue weighted by Gasteiger charge is 2.68. The molecule has 0 aromatic carbocycles. The van der Waals surface area contributed by atoms with Crippen LogP contribution in [0.2, 0.25) is 0 Å². The van der Waals surface area contributed by atoms with Gasteiger partial charge in [0.05, 0.1) is 37.1 Å². The molecule has 0 radical (unpaired) electrons. The maximum Gasteiger partial charge on any atom is 0.331 e. The molecule has 17 heteroatoms. The first-order valence-electron chi connectivity index (χ1n) is 21.7. The van der Waals surface area contributed by atoms with E-state index in [1.165, 1.54) is 0 Å². The number of carbonyl (C=O) groups is 1. The van der Waals surface area contributed by atoms with Crippen LogP contribution in [0.15, 0.2) is 11.6 Å². The van der Waals surface area contributed by atoms with E-state index < -0.39 is 105 Å². The number of hydrogen-bond donors (Lipinski definition) is 8. The number of methoxy groups -OCH3 is 1. The molecule has 8 rings (SSSR count). The van der Waals surface area contributed by atoms with E-state index in [4.69, 9.17) is 37.9 Å². The summed E-state index contributed by atoms with van der Waals surface area (Å²) in [5.74, 6) is 0.957. The van der Waals surface area contributed by atoms with E-state index in [1.54, 1.807) is 20.1 Å². The molecule has 0 bridgehead atoms. The Hall–Kier alpha value is -1.39. The van der Waals surface area contributed by atoms with Crippen molar-refractivity contribution in [1.29, 1.82) is 0 Å². The average Bonchev–Trinajstić information content (AvgIpc) is 3.77. The highest BCUT2D eigenvalue weighted by molar-refractivity contribution is 5.85. The minimum atomic E-state index is -1.70. The van der Waals surface area contributed by atoms with Crippen LogP contribution in [0.4, 0.5) is 0 Å². The van der Waals surface area contributed by atoms with Gasteiger partial charge in [0.15, 0.2) is 18.9 Å². The summed E-state index contributed by atoms with van der Waals surface area (Å²) in [5.41, 5.74) is 0.0761. The second kappa shape index (κ2) is 17.0. The van der Waals surface area contributed by atoms with Crippen molar-refractivity contribution >= 4 is 5.97 Å². The maximum atomic E-state index is 12.6. The number of aliphatic hydroxyl groups excluding tert-OH is 7. The highest BCUT2D eigenvalue weighted by atomic mass is 16.8. The van der Waals surface area contributed by atoms with Crippen molar-refractivity contribution in [3.8, 4) is 0 Å². The van der Waals surface area contributed by atoms with Gasteiger partial charge in [-0.05, 0) is 99.4 Å². The lowest BCUT2D eigenvalue weighted by Crippen LogP contribution is -2.63. The Morgan fingerprint density at radius 2 is 1.49 bits per heavy atom. The maximum absolute atomic E-state index is 12.6. The summed E-state index contributed by atoms with van der Waals surface area (Å²) in [5, 5.41) is 85.0. The van der Waals surface area contributed by atoms with E-state index >= 15 is 0 Å². The topological polar surface area (TPSA) is 253 Å². The van der Waals surface area contributed by atoms with Gasteiger partial charge < -0.3 is 78.7 Å². The zero-order valence-corrected chi connectivity index (χ0v) is 34.5. The van der Waals surface area contributed by atoms with Crippen molar-refractivity contribution in [1.82, 2.24) is 0 Å². The first-order chi connectivity index (χ1) is 28.0. The third kappa shape index (κ3) is 7.64. The SMILES string of the molecule is CO[C@@H]1C[C@H](O[C@H]2CC[C@@]3(C)[C@H](CC[C@H]4[C@@H]3CC[C@]3(C)[C@@H](C5=CC(=O)OC5)CC[C@]43O)C2)O[C@H](C)[C@H]1O[C@H]1O[C@@H](CO[C@@H]2O[C@H](CO)[C@H](O)[C@@H](O)[C@@H]2O)[C@H](O)[C@@H](O)[C@@H]1O. The standard InChI is InChI=1S/C42H66O17/c1-19-37(59-39-36(50)34(48)32(46)28(58-39)18-54-38-35(49)33(47)31(45)27(16-43)57-38)26(52-4)15-30(55-19)56-22-7-10-40(2)21(14-22)5-6-25-24(40)8-11-41(3)23(9-12-42(25,41)51)20-13-29(44)53-17-20/h13,19,21-28,30-39,43,45-51H,5-12,14-18H2,1-4H3/t19-,21-,22+,23-,24+,25+,26-,27-,28+,30+,31+,32+,33-,34-,35+,36+,37-,38-,39-,40+,41-,42+/m1/s1. The number of aliphatic hydroxyl groups is 8. The summed E-state index contributed by atoms with van der Waals surface area (Å²) in [4.78, 5) is 12.0. The van der Waals surface area contributed by atoms with Crippen molar-refractivity contribution in [2.24, 2.45) is 34.5 Å².